The van der Waals surface area contributed by atoms with Gasteiger partial charge in [0.1, 0.15) is 48.8 Å². The lowest BCUT2D eigenvalue weighted by Gasteiger charge is -2.31. The van der Waals surface area contributed by atoms with E-state index in [9.17, 15) is 57.8 Å². The lowest BCUT2D eigenvalue weighted by Crippen LogP contribution is -2.62. The predicted molar refractivity (Wildman–Crippen MR) is 294 cm³/mol. The summed E-state index contributed by atoms with van der Waals surface area (Å²) >= 11 is 0. The molecule has 23 N–H and O–H groups in total. The third-order valence-corrected chi connectivity index (χ3v) is 13.0. The number of rotatable bonds is 37. The van der Waals surface area contributed by atoms with Crippen molar-refractivity contribution in [3.63, 3.8) is 0 Å². The summed E-state index contributed by atoms with van der Waals surface area (Å²) in [6.45, 7) is 7.45. The Labute approximate surface area is 462 Å². The van der Waals surface area contributed by atoms with Gasteiger partial charge in [0.25, 0.3) is 0 Å². The van der Waals surface area contributed by atoms with Crippen molar-refractivity contribution in [3.05, 3.63) is 36.0 Å². The Kier molecular flexibility index (Phi) is 29.0. The molecule has 0 spiro atoms. The highest BCUT2D eigenvalue weighted by atomic mass is 16.4. The van der Waals surface area contributed by atoms with Crippen LogP contribution in [0, 0.1) is 11.8 Å². The second-order valence-corrected chi connectivity index (χ2v) is 19.3. The first kappa shape index (κ1) is 67.5. The lowest BCUT2D eigenvalue weighted by molar-refractivity contribution is -0.139. The molecule has 10 atom stereocenters. The van der Waals surface area contributed by atoms with Crippen molar-refractivity contribution in [2.24, 2.45) is 56.2 Å². The topological polar surface area (TPSA) is 521 Å². The number of aromatic amines is 1. The molecule has 0 aliphatic rings. The predicted octanol–water partition coefficient (Wildman–Crippen LogP) is -4.02. The van der Waals surface area contributed by atoms with Gasteiger partial charge in [-0.25, -0.2) is 0 Å². The molecule has 2 aromatic rings. The Bertz CT molecular complexity index is 2530. The van der Waals surface area contributed by atoms with Gasteiger partial charge in [0, 0.05) is 49.5 Å². The number of hydrogen-bond acceptors (Lipinski definition) is 14. The first-order chi connectivity index (χ1) is 37.7. The summed E-state index contributed by atoms with van der Waals surface area (Å²) in [6, 6.07) is -3.81. The highest BCUT2D eigenvalue weighted by Gasteiger charge is 2.37. The Morgan fingerprint density at radius 3 is 1.56 bits per heavy atom. The maximum atomic E-state index is 14.6. The van der Waals surface area contributed by atoms with Crippen LogP contribution in [0.1, 0.15) is 104 Å². The number of carbonyl (C=O) groups is 11. The lowest BCUT2D eigenvalue weighted by atomic mass is 9.94. The second kappa shape index (κ2) is 34.3. The van der Waals surface area contributed by atoms with E-state index in [2.05, 4.69) is 57.5 Å². The van der Waals surface area contributed by atoms with Crippen LogP contribution in [0.5, 0.6) is 0 Å². The fourth-order valence-electron chi connectivity index (χ4n) is 7.92. The molecule has 0 saturated heterocycles. The molecule has 0 unspecified atom stereocenters. The number of carboxylic acid groups (broad SMARTS) is 2. The Balaban J connectivity index is 2.45. The average molecular weight is 1130 g/mol. The van der Waals surface area contributed by atoms with Crippen LogP contribution in [0.25, 0.3) is 10.9 Å². The number of aliphatic carboxylic acids is 2. The minimum Gasteiger partial charge on any atom is -0.481 e. The monoisotopic (exact) mass is 1130 g/mol. The average Bonchev–Trinajstić information content (AvgIpc) is 3.81. The molecule has 80 heavy (non-hydrogen) atoms. The molecular weight excluding hydrogens is 1050 g/mol. The number of guanidine groups is 2. The molecule has 1 heterocycles. The Morgan fingerprint density at radius 2 is 1.02 bits per heavy atom. The van der Waals surface area contributed by atoms with E-state index in [-0.39, 0.29) is 70.0 Å². The molecule has 0 aliphatic heterocycles. The minimum atomic E-state index is -1.53. The number of hydrogen-bond donors (Lipinski definition) is 17. The molecule has 30 heteroatoms. The number of primary amides is 1. The molecule has 9 amide bonds. The van der Waals surface area contributed by atoms with E-state index in [1.807, 2.05) is 0 Å². The normalized spacial score (nSPS) is 14.7. The summed E-state index contributed by atoms with van der Waals surface area (Å²) in [7, 11) is 0. The number of benzene rings is 1. The van der Waals surface area contributed by atoms with E-state index in [1.165, 1.54) is 6.92 Å². The van der Waals surface area contributed by atoms with E-state index in [0.29, 0.717) is 18.4 Å². The van der Waals surface area contributed by atoms with Crippen LogP contribution in [0.4, 0.5) is 0 Å². The van der Waals surface area contributed by atoms with E-state index in [4.69, 9.17) is 39.5 Å². The summed E-state index contributed by atoms with van der Waals surface area (Å²) in [5.74, 6) is -12.0. The van der Waals surface area contributed by atoms with Gasteiger partial charge in [-0.3, -0.25) is 62.7 Å². The minimum absolute atomic E-state index is 0.0422. The van der Waals surface area contributed by atoms with Gasteiger partial charge in [-0.1, -0.05) is 58.7 Å². The molecule has 1 aromatic carbocycles. The van der Waals surface area contributed by atoms with Crippen molar-refractivity contribution in [1.29, 1.82) is 0 Å². The number of para-hydroxylation sites is 1. The van der Waals surface area contributed by atoms with E-state index >= 15 is 0 Å². The molecule has 2 rings (SSSR count). The van der Waals surface area contributed by atoms with Gasteiger partial charge < -0.3 is 92.1 Å². The Hall–Kier alpha value is -8.57. The van der Waals surface area contributed by atoms with Gasteiger partial charge >= 0.3 is 11.9 Å². The van der Waals surface area contributed by atoms with Crippen molar-refractivity contribution < 1.29 is 63.0 Å². The first-order valence-corrected chi connectivity index (χ1v) is 26.2. The number of aromatic nitrogens is 1. The number of nitrogens with two attached hydrogens (primary N) is 6. The number of fused-ring (bicyclic) bond motifs is 1. The van der Waals surface area contributed by atoms with Gasteiger partial charge in [-0.2, -0.15) is 0 Å². The van der Waals surface area contributed by atoms with Crippen molar-refractivity contribution in [1.82, 2.24) is 47.5 Å². The van der Waals surface area contributed by atoms with Gasteiger partial charge in [-0.05, 0) is 68.9 Å². The fourth-order valence-corrected chi connectivity index (χ4v) is 7.92. The fraction of sp³-hybridized carbons (Fsp3) is 0.580. The molecular formula is C50H81N17O13. The van der Waals surface area contributed by atoms with Gasteiger partial charge in [-0.15, -0.1) is 0 Å². The smallest absolute Gasteiger partial charge is 0.322 e. The number of nitrogens with zero attached hydrogens (tertiary/aromatic N) is 2. The molecule has 0 bridgehead atoms. The number of aliphatic imine (C=N–C) groups is 2. The van der Waals surface area contributed by atoms with E-state index in [1.54, 1.807) is 58.2 Å². The first-order valence-electron chi connectivity index (χ1n) is 26.2. The van der Waals surface area contributed by atoms with E-state index < -0.39 is 145 Å². The zero-order valence-corrected chi connectivity index (χ0v) is 45.8. The summed E-state index contributed by atoms with van der Waals surface area (Å²) in [5, 5.41) is 39.4. The number of amides is 9. The van der Waals surface area contributed by atoms with Crippen LogP contribution in [-0.4, -0.2) is 160 Å². The van der Waals surface area contributed by atoms with Crippen molar-refractivity contribution >= 4 is 87.9 Å². The molecule has 1 aromatic heterocycles. The number of nitrogens with one attached hydrogen (secondary N) is 9. The van der Waals surface area contributed by atoms with Crippen LogP contribution >= 0.6 is 0 Å². The van der Waals surface area contributed by atoms with Crippen LogP contribution < -0.4 is 76.9 Å². The van der Waals surface area contributed by atoms with Crippen molar-refractivity contribution in [3.8, 4) is 0 Å². The number of H-pyrrole nitrogens is 1. The molecule has 30 nitrogen and oxygen atoms in total. The third kappa shape index (κ3) is 24.0. The van der Waals surface area contributed by atoms with E-state index in [0.717, 1.165) is 10.9 Å². The quantitative estimate of drug-likeness (QED) is 0.0174. The second-order valence-electron chi connectivity index (χ2n) is 19.3. The van der Waals surface area contributed by atoms with Crippen molar-refractivity contribution in [2.45, 2.75) is 154 Å². The molecule has 444 valence electrons. The van der Waals surface area contributed by atoms with Gasteiger partial charge in [0.15, 0.2) is 11.9 Å². The SMILES string of the molecule is CC[C@H](C)[C@H](NC(=O)[C@H](CCC(N)=O)NC(=O)[C@H](C)NC(=O)[C@H](CCCN=C(N)N)NC(=O)[C@@H](N)CCC(=O)O)C(=O)N[C@H](C(=O)N[C@@H](Cc1c[nH]c2ccccc12)C(=O)N[C@@H](CCCN=C(N)N)C(=O)NCC(=O)O)[C@@H](C)CC. The maximum Gasteiger partial charge on any atom is 0.322 e. The van der Waals surface area contributed by atoms with Crippen molar-refractivity contribution in [2.75, 3.05) is 19.6 Å². The summed E-state index contributed by atoms with van der Waals surface area (Å²) in [5.41, 5.74) is 34.3. The summed E-state index contributed by atoms with van der Waals surface area (Å²) < 4.78 is 0. The largest absolute Gasteiger partial charge is 0.481 e. The summed E-state index contributed by atoms with van der Waals surface area (Å²) in [6.07, 6.45) is 0.937. The van der Waals surface area contributed by atoms with Crippen LogP contribution in [-0.2, 0) is 59.2 Å². The zero-order valence-electron chi connectivity index (χ0n) is 45.8. The van der Waals surface area contributed by atoms with Crippen LogP contribution in [0.15, 0.2) is 40.4 Å². The highest BCUT2D eigenvalue weighted by Crippen LogP contribution is 2.20. The van der Waals surface area contributed by atoms with Gasteiger partial charge in [0.2, 0.25) is 53.2 Å². The number of carbonyl (C=O) groups excluding carboxylic acids is 9. The molecule has 0 fully saturated rings. The van der Waals surface area contributed by atoms with Crippen LogP contribution in [0.3, 0.4) is 0 Å². The molecule has 0 saturated carbocycles. The highest BCUT2D eigenvalue weighted by molar-refractivity contribution is 5.98. The molecule has 0 radical (unpaired) electrons. The molecule has 0 aliphatic carbocycles. The number of carboxylic acids is 2. The maximum absolute atomic E-state index is 14.6. The Morgan fingerprint density at radius 1 is 0.550 bits per heavy atom. The summed E-state index contributed by atoms with van der Waals surface area (Å²) in [4.78, 5) is 156. The van der Waals surface area contributed by atoms with Gasteiger partial charge in [0.05, 0.1) is 6.04 Å². The van der Waals surface area contributed by atoms with Crippen LogP contribution in [0.2, 0.25) is 0 Å². The zero-order chi connectivity index (χ0) is 60.2. The third-order valence-electron chi connectivity index (χ3n) is 13.0. The standard InChI is InChI=1S/C50H81N17O13/c1-6-25(3)39(47(79)65-35(22-28-23-59-31-13-9-8-12-29(28)31)46(78)64-32(14-10-20-57-49(53)54)43(75)60-24-38(71)72)67-48(80)40(26(4)7-2)66-45(77)34(17-18-36(52)68)62-41(73)27(5)61-44(76)33(15-11-21-58-50(55)56)63-42(74)30(51)16-19-37(69)70/h8-9,12-13,23,25-27,30,32-35,39-40,59H,6-7,10-11,14-22,24,51H2,1-5H3,(H2,52,68)(H,60,75)(H,61,76)(H,62,73)(H,63,74)(H,64,78)(H,65,79)(H,66,77)(H,67,80)(H,69,70)(H,71,72)(H4,53,54,57)(H4,55,56,58)/t25-,26-,27-,30-,32-,33-,34-,35-,39-,40-/m0/s1.